The number of rotatable bonds is 2. The van der Waals surface area contributed by atoms with Crippen LogP contribution in [0.5, 0.6) is 0 Å². The van der Waals surface area contributed by atoms with E-state index in [0.717, 1.165) is 11.0 Å². The number of carbonyl (C=O) groups excluding carboxylic acids is 1. The summed E-state index contributed by atoms with van der Waals surface area (Å²) in [7, 11) is 0. The van der Waals surface area contributed by atoms with Gasteiger partial charge in [0, 0.05) is 19.2 Å². The van der Waals surface area contributed by atoms with Gasteiger partial charge in [0.2, 0.25) is 0 Å². The number of aromatic carboxylic acids is 1. The average molecular weight is 256 g/mol. The fourth-order valence-electron chi connectivity index (χ4n) is 1.79. The van der Waals surface area contributed by atoms with Gasteiger partial charge in [-0.25, -0.2) is 18.4 Å². The van der Waals surface area contributed by atoms with E-state index in [0.29, 0.717) is 19.0 Å². The summed E-state index contributed by atoms with van der Waals surface area (Å²) in [4.78, 5) is 23.7. The lowest BCUT2D eigenvalue weighted by molar-refractivity contribution is 0.0697. The van der Waals surface area contributed by atoms with Crippen molar-refractivity contribution in [3.63, 3.8) is 0 Å². The van der Waals surface area contributed by atoms with Crippen LogP contribution in [0.3, 0.4) is 0 Å². The van der Waals surface area contributed by atoms with Crippen LogP contribution >= 0.6 is 0 Å². The number of carbonyl (C=O) groups is 2. The lowest BCUT2D eigenvalue weighted by Gasteiger charge is -2.28. The second-order valence-corrected chi connectivity index (χ2v) is 3.83. The summed E-state index contributed by atoms with van der Waals surface area (Å²) in [5, 5.41) is 11.5. The third-order valence-corrected chi connectivity index (χ3v) is 2.64. The van der Waals surface area contributed by atoms with Gasteiger partial charge in [0.25, 0.3) is 0 Å². The van der Waals surface area contributed by atoms with Gasteiger partial charge in [0.05, 0.1) is 11.3 Å². The SMILES string of the molecule is O=C(O)c1cc(F)c(F)cc1N1CCCNC1=O. The zero-order valence-electron chi connectivity index (χ0n) is 9.24. The van der Waals surface area contributed by atoms with Crippen molar-refractivity contribution >= 4 is 17.7 Å². The number of urea groups is 1. The molecule has 0 aliphatic carbocycles. The van der Waals surface area contributed by atoms with Crippen molar-refractivity contribution < 1.29 is 23.5 Å². The third-order valence-electron chi connectivity index (χ3n) is 2.64. The fraction of sp³-hybridized carbons (Fsp3) is 0.273. The first kappa shape index (κ1) is 12.3. The van der Waals surface area contributed by atoms with Crippen molar-refractivity contribution in [2.45, 2.75) is 6.42 Å². The summed E-state index contributed by atoms with van der Waals surface area (Å²) in [6.07, 6.45) is 0.601. The van der Waals surface area contributed by atoms with Gasteiger partial charge in [-0.1, -0.05) is 0 Å². The Balaban J connectivity index is 2.51. The van der Waals surface area contributed by atoms with Gasteiger partial charge in [-0.15, -0.1) is 0 Å². The molecule has 1 heterocycles. The number of nitrogens with zero attached hydrogens (tertiary/aromatic N) is 1. The highest BCUT2D eigenvalue weighted by Gasteiger charge is 2.25. The van der Waals surface area contributed by atoms with Crippen LogP contribution in [-0.4, -0.2) is 30.2 Å². The van der Waals surface area contributed by atoms with Crippen LogP contribution in [0.1, 0.15) is 16.8 Å². The summed E-state index contributed by atoms with van der Waals surface area (Å²) >= 11 is 0. The lowest BCUT2D eigenvalue weighted by atomic mass is 10.1. The minimum atomic E-state index is -1.41. The summed E-state index contributed by atoms with van der Waals surface area (Å²) < 4.78 is 26.2. The molecule has 0 radical (unpaired) electrons. The Morgan fingerprint density at radius 2 is 2.00 bits per heavy atom. The van der Waals surface area contributed by atoms with E-state index in [1.165, 1.54) is 0 Å². The summed E-state index contributed by atoms with van der Waals surface area (Å²) in [6, 6.07) is 0.785. The van der Waals surface area contributed by atoms with Gasteiger partial charge >= 0.3 is 12.0 Å². The first-order valence-corrected chi connectivity index (χ1v) is 5.28. The minimum Gasteiger partial charge on any atom is -0.478 e. The Kier molecular flexibility index (Phi) is 3.14. The van der Waals surface area contributed by atoms with Crippen LogP contribution in [0.4, 0.5) is 19.3 Å². The first-order valence-electron chi connectivity index (χ1n) is 5.28. The van der Waals surface area contributed by atoms with Crippen molar-refractivity contribution in [2.24, 2.45) is 0 Å². The van der Waals surface area contributed by atoms with Crippen LogP contribution in [0.25, 0.3) is 0 Å². The third kappa shape index (κ3) is 2.11. The Hall–Kier alpha value is -2.18. The van der Waals surface area contributed by atoms with E-state index in [-0.39, 0.29) is 12.2 Å². The Bertz CT molecular complexity index is 519. The normalized spacial score (nSPS) is 15.4. The number of halogens is 2. The number of benzene rings is 1. The van der Waals surface area contributed by atoms with Crippen molar-refractivity contribution in [2.75, 3.05) is 18.0 Å². The largest absolute Gasteiger partial charge is 0.478 e. The highest BCUT2D eigenvalue weighted by molar-refractivity contribution is 6.01. The van der Waals surface area contributed by atoms with Gasteiger partial charge in [-0.2, -0.15) is 0 Å². The second kappa shape index (κ2) is 4.59. The molecule has 0 aromatic heterocycles. The van der Waals surface area contributed by atoms with Crippen LogP contribution in [0.2, 0.25) is 0 Å². The minimum absolute atomic E-state index is 0.140. The molecule has 1 aromatic rings. The molecule has 0 unspecified atom stereocenters. The smallest absolute Gasteiger partial charge is 0.337 e. The highest BCUT2D eigenvalue weighted by atomic mass is 19.2. The number of carboxylic acids is 1. The van der Waals surface area contributed by atoms with E-state index in [1.54, 1.807) is 0 Å². The van der Waals surface area contributed by atoms with Gasteiger partial charge in [-0.3, -0.25) is 4.90 Å². The highest BCUT2D eigenvalue weighted by Crippen LogP contribution is 2.25. The predicted molar refractivity (Wildman–Crippen MR) is 58.7 cm³/mol. The van der Waals surface area contributed by atoms with Crippen molar-refractivity contribution in [3.05, 3.63) is 29.3 Å². The summed E-state index contributed by atoms with van der Waals surface area (Å²) in [6.45, 7) is 0.735. The molecule has 96 valence electrons. The molecule has 0 saturated carbocycles. The monoisotopic (exact) mass is 256 g/mol. The quantitative estimate of drug-likeness (QED) is 0.844. The molecule has 1 aliphatic rings. The maximum Gasteiger partial charge on any atom is 0.337 e. The van der Waals surface area contributed by atoms with Gasteiger partial charge in [-0.05, 0) is 12.5 Å². The molecule has 7 heteroatoms. The van der Waals surface area contributed by atoms with Crippen molar-refractivity contribution in [1.82, 2.24) is 5.32 Å². The molecular weight excluding hydrogens is 246 g/mol. The summed E-state index contributed by atoms with van der Waals surface area (Å²) in [5.41, 5.74) is -0.579. The van der Waals surface area contributed by atoms with Crippen molar-refractivity contribution in [3.8, 4) is 0 Å². The fourth-order valence-corrected chi connectivity index (χ4v) is 1.79. The van der Waals surface area contributed by atoms with Gasteiger partial charge in [0.1, 0.15) is 0 Å². The maximum absolute atomic E-state index is 13.2. The number of hydrogen-bond donors (Lipinski definition) is 2. The zero-order valence-corrected chi connectivity index (χ0v) is 9.24. The van der Waals surface area contributed by atoms with Crippen LogP contribution < -0.4 is 10.2 Å². The Morgan fingerprint density at radius 3 is 2.61 bits per heavy atom. The molecule has 18 heavy (non-hydrogen) atoms. The van der Waals surface area contributed by atoms with E-state index in [9.17, 15) is 18.4 Å². The number of anilines is 1. The van der Waals surface area contributed by atoms with Crippen LogP contribution in [-0.2, 0) is 0 Å². The summed E-state index contributed by atoms with van der Waals surface area (Å²) in [5.74, 6) is -3.86. The Labute approximate surface area is 101 Å². The maximum atomic E-state index is 13.2. The van der Waals surface area contributed by atoms with Crippen LogP contribution in [0, 0.1) is 11.6 Å². The van der Waals surface area contributed by atoms with Gasteiger partial charge in [0.15, 0.2) is 11.6 Å². The molecule has 1 fully saturated rings. The molecule has 1 aromatic carbocycles. The van der Waals surface area contributed by atoms with E-state index in [4.69, 9.17) is 5.11 Å². The number of amides is 2. The molecule has 1 saturated heterocycles. The average Bonchev–Trinajstić information content (AvgIpc) is 2.32. The topological polar surface area (TPSA) is 69.6 Å². The molecule has 2 N–H and O–H groups in total. The molecular formula is C11H10F2N2O3. The molecule has 5 nitrogen and oxygen atoms in total. The molecule has 2 amide bonds. The molecule has 0 atom stereocenters. The standard InChI is InChI=1S/C11H10F2N2O3/c12-7-4-6(10(16)17)9(5-8(7)13)15-3-1-2-14-11(15)18/h4-5H,1-3H2,(H,14,18)(H,16,17). The number of nitrogens with one attached hydrogen (secondary N) is 1. The molecule has 1 aliphatic heterocycles. The van der Waals surface area contributed by atoms with E-state index < -0.39 is 29.2 Å². The predicted octanol–water partition coefficient (Wildman–Crippen LogP) is 1.58. The van der Waals surface area contributed by atoms with E-state index in [1.807, 2.05) is 0 Å². The molecule has 0 spiro atoms. The second-order valence-electron chi connectivity index (χ2n) is 3.83. The Morgan fingerprint density at radius 1 is 1.33 bits per heavy atom. The lowest BCUT2D eigenvalue weighted by Crippen LogP contribution is -2.47. The van der Waals surface area contributed by atoms with Crippen LogP contribution in [0.15, 0.2) is 12.1 Å². The molecule has 0 bridgehead atoms. The molecule has 2 rings (SSSR count). The zero-order chi connectivity index (χ0) is 13.3. The van der Waals surface area contributed by atoms with E-state index in [2.05, 4.69) is 5.32 Å². The van der Waals surface area contributed by atoms with Gasteiger partial charge < -0.3 is 10.4 Å². The van der Waals surface area contributed by atoms with Crippen molar-refractivity contribution in [1.29, 1.82) is 0 Å². The first-order chi connectivity index (χ1) is 8.50. The number of carboxylic acid groups (broad SMARTS) is 1. The number of hydrogen-bond acceptors (Lipinski definition) is 2. The van der Waals surface area contributed by atoms with E-state index >= 15 is 0 Å².